The summed E-state index contributed by atoms with van der Waals surface area (Å²) in [5.41, 5.74) is 0.127. The van der Waals surface area contributed by atoms with E-state index in [2.05, 4.69) is 4.74 Å². The first kappa shape index (κ1) is 19.6. The van der Waals surface area contributed by atoms with E-state index < -0.39 is 11.6 Å². The van der Waals surface area contributed by atoms with Crippen molar-refractivity contribution >= 4 is 40.8 Å². The van der Waals surface area contributed by atoms with E-state index in [4.69, 9.17) is 27.9 Å². The molecule has 0 aromatic heterocycles. The summed E-state index contributed by atoms with van der Waals surface area (Å²) in [4.78, 5) is 25.1. The second-order valence-corrected chi connectivity index (χ2v) is 6.75. The molecule has 0 unspecified atom stereocenters. The number of anilines is 1. The van der Waals surface area contributed by atoms with Gasteiger partial charge in [-0.05, 0) is 39.0 Å². The van der Waals surface area contributed by atoms with E-state index in [1.54, 1.807) is 43.9 Å². The Morgan fingerprint density at radius 3 is 2.30 bits per heavy atom. The average Bonchev–Trinajstić information content (AvgIpc) is 2.44. The monoisotopic (exact) mass is 361 g/mol. The highest BCUT2D eigenvalue weighted by Gasteiger charge is 2.19. The highest BCUT2D eigenvalue weighted by atomic mass is 35.5. The van der Waals surface area contributed by atoms with Gasteiger partial charge in [0.25, 0.3) is 0 Å². The Labute approximate surface area is 146 Å². The van der Waals surface area contributed by atoms with Gasteiger partial charge in [0, 0.05) is 12.2 Å². The quantitative estimate of drug-likeness (QED) is 0.723. The fourth-order valence-electron chi connectivity index (χ4n) is 1.82. The molecule has 0 bridgehead atoms. The van der Waals surface area contributed by atoms with Gasteiger partial charge in [0.15, 0.2) is 0 Å². The zero-order valence-corrected chi connectivity index (χ0v) is 15.2. The Morgan fingerprint density at radius 1 is 1.13 bits per heavy atom. The first-order chi connectivity index (χ1) is 10.6. The lowest BCUT2D eigenvalue weighted by Gasteiger charge is -2.25. The largest absolute Gasteiger partial charge is 0.468 e. The van der Waals surface area contributed by atoms with Crippen molar-refractivity contribution in [2.24, 2.45) is 0 Å². The predicted molar refractivity (Wildman–Crippen MR) is 91.2 cm³/mol. The molecule has 0 aliphatic carbocycles. The number of benzene rings is 1. The van der Waals surface area contributed by atoms with E-state index in [0.717, 1.165) is 0 Å². The minimum atomic E-state index is -0.548. The van der Waals surface area contributed by atoms with Crippen molar-refractivity contribution in [3.63, 3.8) is 0 Å². The number of rotatable bonds is 6. The molecule has 128 valence electrons. The third-order valence-corrected chi connectivity index (χ3v) is 3.56. The predicted octanol–water partition coefficient (Wildman–Crippen LogP) is 3.70. The molecule has 5 nitrogen and oxygen atoms in total. The lowest BCUT2D eigenvalue weighted by Crippen LogP contribution is -2.34. The Bertz CT molecular complexity index is 570. The molecule has 7 heteroatoms. The molecule has 0 amide bonds. The Morgan fingerprint density at radius 2 is 1.78 bits per heavy atom. The molecule has 0 radical (unpaired) electrons. The minimum absolute atomic E-state index is 0.00272. The van der Waals surface area contributed by atoms with Crippen LogP contribution in [0.2, 0.25) is 10.0 Å². The molecular formula is C16H21Cl2NO4. The second kappa shape index (κ2) is 8.41. The molecule has 0 aliphatic heterocycles. The van der Waals surface area contributed by atoms with Crippen LogP contribution in [0.1, 0.15) is 27.2 Å². The highest BCUT2D eigenvalue weighted by molar-refractivity contribution is 6.42. The second-order valence-electron chi connectivity index (χ2n) is 5.93. The Hall–Kier alpha value is -1.46. The van der Waals surface area contributed by atoms with Crippen molar-refractivity contribution in [2.75, 3.05) is 25.1 Å². The van der Waals surface area contributed by atoms with Gasteiger partial charge >= 0.3 is 11.9 Å². The average molecular weight is 362 g/mol. The molecule has 1 rings (SSSR count). The number of ether oxygens (including phenoxy) is 2. The van der Waals surface area contributed by atoms with E-state index in [1.165, 1.54) is 7.11 Å². The number of carbonyl (C=O) groups excluding carboxylic acids is 2. The molecule has 0 saturated heterocycles. The van der Waals surface area contributed by atoms with Crippen molar-refractivity contribution in [3.8, 4) is 0 Å². The first-order valence-electron chi connectivity index (χ1n) is 7.11. The highest BCUT2D eigenvalue weighted by Crippen LogP contribution is 2.27. The van der Waals surface area contributed by atoms with Gasteiger partial charge in [-0.2, -0.15) is 0 Å². The molecule has 0 spiro atoms. The summed E-state index contributed by atoms with van der Waals surface area (Å²) in [7, 11) is 1.31. The van der Waals surface area contributed by atoms with Crippen LogP contribution in [0, 0.1) is 0 Å². The standard InChI is InChI=1S/C16H21Cl2NO4/c1-16(2,3)23-14(20)7-8-19(10-15(21)22-4)11-5-6-12(17)13(18)9-11/h5-6,9H,7-8,10H2,1-4H3. The lowest BCUT2D eigenvalue weighted by molar-refractivity contribution is -0.154. The van der Waals surface area contributed by atoms with E-state index in [0.29, 0.717) is 22.3 Å². The Kier molecular flexibility index (Phi) is 7.16. The van der Waals surface area contributed by atoms with Gasteiger partial charge in [-0.15, -0.1) is 0 Å². The molecule has 1 aromatic carbocycles. The zero-order valence-electron chi connectivity index (χ0n) is 13.7. The van der Waals surface area contributed by atoms with Crippen molar-refractivity contribution in [1.82, 2.24) is 0 Å². The summed E-state index contributed by atoms with van der Waals surface area (Å²) in [6, 6.07) is 5.01. The van der Waals surface area contributed by atoms with Crippen LogP contribution in [0.25, 0.3) is 0 Å². The van der Waals surface area contributed by atoms with Gasteiger partial charge in [0.05, 0.1) is 23.6 Å². The minimum Gasteiger partial charge on any atom is -0.468 e. The van der Waals surface area contributed by atoms with Gasteiger partial charge in [0.1, 0.15) is 12.1 Å². The van der Waals surface area contributed by atoms with Crippen molar-refractivity contribution in [1.29, 1.82) is 0 Å². The summed E-state index contributed by atoms with van der Waals surface area (Å²) in [6.07, 6.45) is 0.133. The summed E-state index contributed by atoms with van der Waals surface area (Å²) < 4.78 is 9.96. The number of esters is 2. The van der Waals surface area contributed by atoms with Crippen LogP contribution in [0.4, 0.5) is 5.69 Å². The molecule has 0 saturated carbocycles. The summed E-state index contributed by atoms with van der Waals surface area (Å²) in [5, 5.41) is 0.789. The fourth-order valence-corrected chi connectivity index (χ4v) is 2.11. The van der Waals surface area contributed by atoms with Crippen molar-refractivity contribution in [2.45, 2.75) is 32.8 Å². The molecule has 1 aromatic rings. The van der Waals surface area contributed by atoms with Gasteiger partial charge < -0.3 is 14.4 Å². The topological polar surface area (TPSA) is 55.8 Å². The molecule has 0 fully saturated rings. The number of hydrogen-bond donors (Lipinski definition) is 0. The maximum Gasteiger partial charge on any atom is 0.325 e. The molecule has 0 aliphatic rings. The maximum absolute atomic E-state index is 11.9. The summed E-state index contributed by atoms with van der Waals surface area (Å²) >= 11 is 11.9. The van der Waals surface area contributed by atoms with E-state index in [-0.39, 0.29) is 18.9 Å². The van der Waals surface area contributed by atoms with Gasteiger partial charge in [0.2, 0.25) is 0 Å². The van der Waals surface area contributed by atoms with Gasteiger partial charge in [-0.1, -0.05) is 23.2 Å². The van der Waals surface area contributed by atoms with Crippen LogP contribution in [-0.4, -0.2) is 37.7 Å². The van der Waals surface area contributed by atoms with E-state index >= 15 is 0 Å². The summed E-state index contributed by atoms with van der Waals surface area (Å²) in [6.45, 7) is 5.70. The SMILES string of the molecule is COC(=O)CN(CCC(=O)OC(C)(C)C)c1ccc(Cl)c(Cl)c1. The smallest absolute Gasteiger partial charge is 0.325 e. The van der Waals surface area contributed by atoms with Crippen LogP contribution in [0.3, 0.4) is 0 Å². The number of methoxy groups -OCH3 is 1. The van der Waals surface area contributed by atoms with Crippen LogP contribution in [0.15, 0.2) is 18.2 Å². The van der Waals surface area contributed by atoms with Crippen molar-refractivity contribution in [3.05, 3.63) is 28.2 Å². The first-order valence-corrected chi connectivity index (χ1v) is 7.86. The van der Waals surface area contributed by atoms with Gasteiger partial charge in [-0.3, -0.25) is 9.59 Å². The van der Waals surface area contributed by atoms with Crippen LogP contribution in [-0.2, 0) is 19.1 Å². The van der Waals surface area contributed by atoms with E-state index in [1.807, 2.05) is 0 Å². The normalized spacial score (nSPS) is 11.0. The molecular weight excluding hydrogens is 341 g/mol. The molecule has 0 atom stereocenters. The van der Waals surface area contributed by atoms with Crippen LogP contribution >= 0.6 is 23.2 Å². The summed E-state index contributed by atoms with van der Waals surface area (Å²) in [5.74, 6) is -0.757. The molecule has 0 heterocycles. The third kappa shape index (κ3) is 7.10. The van der Waals surface area contributed by atoms with Crippen molar-refractivity contribution < 1.29 is 19.1 Å². The number of halogens is 2. The van der Waals surface area contributed by atoms with Crippen LogP contribution in [0.5, 0.6) is 0 Å². The molecule has 0 N–H and O–H groups in total. The Balaban J connectivity index is 2.82. The number of carbonyl (C=O) groups is 2. The van der Waals surface area contributed by atoms with E-state index in [9.17, 15) is 9.59 Å². The zero-order chi connectivity index (χ0) is 17.6. The number of nitrogens with zero attached hydrogens (tertiary/aromatic N) is 1. The van der Waals surface area contributed by atoms with Gasteiger partial charge in [-0.25, -0.2) is 0 Å². The van der Waals surface area contributed by atoms with Crippen LogP contribution < -0.4 is 4.90 Å². The maximum atomic E-state index is 11.9. The fraction of sp³-hybridized carbons (Fsp3) is 0.500. The lowest BCUT2D eigenvalue weighted by atomic mass is 10.2. The third-order valence-electron chi connectivity index (χ3n) is 2.82. The number of hydrogen-bond acceptors (Lipinski definition) is 5. The molecule has 23 heavy (non-hydrogen) atoms.